The smallest absolute Gasteiger partial charge is 0.108 e. The van der Waals surface area contributed by atoms with Gasteiger partial charge in [-0.1, -0.05) is 44.0 Å². The lowest BCUT2D eigenvalue weighted by Gasteiger charge is -2.46. The van der Waals surface area contributed by atoms with Crippen molar-refractivity contribution in [3.05, 3.63) is 35.4 Å². The molecule has 0 aromatic heterocycles. The van der Waals surface area contributed by atoms with E-state index in [0.717, 1.165) is 44.1 Å². The van der Waals surface area contributed by atoms with Crippen molar-refractivity contribution in [2.45, 2.75) is 57.0 Å². The van der Waals surface area contributed by atoms with Gasteiger partial charge in [-0.3, -0.25) is 0 Å². The molecule has 1 aromatic rings. The number of aliphatic hydroxyl groups is 1. The SMILES string of the molecule is CC1CCC(O)(C2(C#N)CCCC2)c2ccccc21. The van der Waals surface area contributed by atoms with E-state index in [1.807, 2.05) is 18.2 Å². The molecule has 2 aliphatic carbocycles. The summed E-state index contributed by atoms with van der Waals surface area (Å²) >= 11 is 0. The Morgan fingerprint density at radius 3 is 2.58 bits per heavy atom. The van der Waals surface area contributed by atoms with Crippen LogP contribution < -0.4 is 0 Å². The topological polar surface area (TPSA) is 44.0 Å². The molecule has 1 aromatic carbocycles. The van der Waals surface area contributed by atoms with Crippen LogP contribution in [0.15, 0.2) is 24.3 Å². The fourth-order valence-corrected chi connectivity index (χ4v) is 4.11. The van der Waals surface area contributed by atoms with Gasteiger partial charge in [-0.25, -0.2) is 0 Å². The molecule has 0 spiro atoms. The van der Waals surface area contributed by atoms with Crippen LogP contribution in [0.5, 0.6) is 0 Å². The summed E-state index contributed by atoms with van der Waals surface area (Å²) in [6.45, 7) is 2.21. The molecule has 2 atom stereocenters. The highest BCUT2D eigenvalue weighted by molar-refractivity contribution is 5.41. The van der Waals surface area contributed by atoms with Crippen molar-refractivity contribution in [2.75, 3.05) is 0 Å². The third kappa shape index (κ3) is 1.65. The number of rotatable bonds is 1. The monoisotopic (exact) mass is 255 g/mol. The van der Waals surface area contributed by atoms with Crippen LogP contribution in [0, 0.1) is 16.7 Å². The van der Waals surface area contributed by atoms with Gasteiger partial charge in [0.15, 0.2) is 0 Å². The molecule has 1 saturated carbocycles. The highest BCUT2D eigenvalue weighted by Gasteiger charge is 2.55. The van der Waals surface area contributed by atoms with Crippen molar-refractivity contribution >= 4 is 0 Å². The van der Waals surface area contributed by atoms with Crippen molar-refractivity contribution in [3.63, 3.8) is 0 Å². The van der Waals surface area contributed by atoms with Gasteiger partial charge < -0.3 is 5.11 Å². The number of nitrogens with zero attached hydrogens (tertiary/aromatic N) is 1. The van der Waals surface area contributed by atoms with E-state index in [4.69, 9.17) is 0 Å². The largest absolute Gasteiger partial charge is 0.383 e. The molecule has 1 N–H and O–H groups in total. The summed E-state index contributed by atoms with van der Waals surface area (Å²) in [7, 11) is 0. The first-order valence-corrected chi connectivity index (χ1v) is 7.36. The summed E-state index contributed by atoms with van der Waals surface area (Å²) < 4.78 is 0. The average molecular weight is 255 g/mol. The van der Waals surface area contributed by atoms with Crippen LogP contribution in [-0.2, 0) is 5.60 Å². The van der Waals surface area contributed by atoms with E-state index in [-0.39, 0.29) is 0 Å². The van der Waals surface area contributed by atoms with Crippen LogP contribution in [0.4, 0.5) is 0 Å². The molecule has 3 rings (SSSR count). The Hall–Kier alpha value is -1.33. The number of nitriles is 1. The second kappa shape index (κ2) is 4.35. The van der Waals surface area contributed by atoms with E-state index >= 15 is 0 Å². The van der Waals surface area contributed by atoms with Crippen LogP contribution in [0.25, 0.3) is 0 Å². The van der Waals surface area contributed by atoms with Gasteiger partial charge in [0.25, 0.3) is 0 Å². The molecule has 2 heteroatoms. The molecule has 0 radical (unpaired) electrons. The van der Waals surface area contributed by atoms with Crippen LogP contribution in [0.1, 0.15) is 62.5 Å². The van der Waals surface area contributed by atoms with E-state index in [9.17, 15) is 10.4 Å². The fraction of sp³-hybridized carbons (Fsp3) is 0.588. The molecule has 0 aliphatic heterocycles. The number of fused-ring (bicyclic) bond motifs is 1. The van der Waals surface area contributed by atoms with E-state index in [2.05, 4.69) is 19.1 Å². The van der Waals surface area contributed by atoms with Gasteiger partial charge in [0, 0.05) is 0 Å². The Bertz CT molecular complexity index is 524. The lowest BCUT2D eigenvalue weighted by atomic mass is 9.61. The molecule has 2 nitrogen and oxygen atoms in total. The van der Waals surface area contributed by atoms with Gasteiger partial charge in [-0.05, 0) is 42.7 Å². The minimum Gasteiger partial charge on any atom is -0.383 e. The van der Waals surface area contributed by atoms with Gasteiger partial charge in [-0.2, -0.15) is 5.26 Å². The number of hydrogen-bond acceptors (Lipinski definition) is 2. The average Bonchev–Trinajstić information content (AvgIpc) is 2.94. The molecule has 0 heterocycles. The quantitative estimate of drug-likeness (QED) is 0.828. The van der Waals surface area contributed by atoms with Crippen molar-refractivity contribution < 1.29 is 5.11 Å². The summed E-state index contributed by atoms with van der Waals surface area (Å²) in [5, 5.41) is 21.1. The van der Waals surface area contributed by atoms with Crippen molar-refractivity contribution in [3.8, 4) is 6.07 Å². The number of benzene rings is 1. The Labute approximate surface area is 115 Å². The molecule has 100 valence electrons. The Morgan fingerprint density at radius 2 is 1.89 bits per heavy atom. The lowest BCUT2D eigenvalue weighted by Crippen LogP contribution is -2.46. The lowest BCUT2D eigenvalue weighted by molar-refractivity contribution is -0.0749. The molecule has 0 saturated heterocycles. The molecular weight excluding hydrogens is 234 g/mol. The maximum atomic E-state index is 11.4. The second-order valence-corrected chi connectivity index (χ2v) is 6.29. The van der Waals surface area contributed by atoms with Crippen molar-refractivity contribution in [1.29, 1.82) is 5.26 Å². The van der Waals surface area contributed by atoms with Gasteiger partial charge in [-0.15, -0.1) is 0 Å². The first-order valence-electron chi connectivity index (χ1n) is 7.36. The molecular formula is C17H21NO. The van der Waals surface area contributed by atoms with E-state index in [0.29, 0.717) is 5.92 Å². The third-order valence-corrected chi connectivity index (χ3v) is 5.34. The maximum absolute atomic E-state index is 11.4. The first-order chi connectivity index (χ1) is 9.13. The van der Waals surface area contributed by atoms with Crippen LogP contribution in [0.3, 0.4) is 0 Å². The summed E-state index contributed by atoms with van der Waals surface area (Å²) in [5.74, 6) is 0.480. The van der Waals surface area contributed by atoms with Crippen molar-refractivity contribution in [2.24, 2.45) is 5.41 Å². The standard InChI is InChI=1S/C17H21NO/c1-13-8-11-17(19,15-7-3-2-6-14(13)15)16(12-18)9-4-5-10-16/h2-3,6-7,13,19H,4-5,8-11H2,1H3. The third-order valence-electron chi connectivity index (χ3n) is 5.34. The summed E-state index contributed by atoms with van der Waals surface area (Å²) in [6.07, 6.45) is 5.49. The van der Waals surface area contributed by atoms with Crippen molar-refractivity contribution in [1.82, 2.24) is 0 Å². The molecule has 2 aliphatic rings. The van der Waals surface area contributed by atoms with Crippen LogP contribution >= 0.6 is 0 Å². The fourth-order valence-electron chi connectivity index (χ4n) is 4.11. The zero-order chi connectivity index (χ0) is 13.5. The second-order valence-electron chi connectivity index (χ2n) is 6.29. The van der Waals surface area contributed by atoms with Crippen LogP contribution in [-0.4, -0.2) is 5.11 Å². The number of hydrogen-bond donors (Lipinski definition) is 1. The highest BCUT2D eigenvalue weighted by atomic mass is 16.3. The molecule has 2 unspecified atom stereocenters. The van der Waals surface area contributed by atoms with E-state index < -0.39 is 11.0 Å². The minimum atomic E-state index is -0.943. The summed E-state index contributed by atoms with van der Waals surface area (Å²) in [6, 6.07) is 10.7. The normalized spacial score (nSPS) is 32.6. The highest BCUT2D eigenvalue weighted by Crippen LogP contribution is 2.57. The van der Waals surface area contributed by atoms with Gasteiger partial charge in [0.05, 0.1) is 11.5 Å². The van der Waals surface area contributed by atoms with Gasteiger partial charge in [0.1, 0.15) is 5.60 Å². The summed E-state index contributed by atoms with van der Waals surface area (Å²) in [5.41, 5.74) is 0.736. The maximum Gasteiger partial charge on any atom is 0.108 e. The van der Waals surface area contributed by atoms with E-state index in [1.54, 1.807) is 0 Å². The minimum absolute atomic E-state index is 0.480. The molecule has 19 heavy (non-hydrogen) atoms. The Kier molecular flexibility index (Phi) is 2.91. The zero-order valence-corrected chi connectivity index (χ0v) is 11.5. The predicted molar refractivity (Wildman–Crippen MR) is 74.5 cm³/mol. The molecule has 0 bridgehead atoms. The molecule has 1 fully saturated rings. The molecule has 0 amide bonds. The Balaban J connectivity index is 2.15. The van der Waals surface area contributed by atoms with Gasteiger partial charge >= 0.3 is 0 Å². The first kappa shape index (κ1) is 12.7. The Morgan fingerprint density at radius 1 is 1.21 bits per heavy atom. The zero-order valence-electron chi connectivity index (χ0n) is 11.5. The van der Waals surface area contributed by atoms with E-state index in [1.165, 1.54) is 5.56 Å². The van der Waals surface area contributed by atoms with Crippen LogP contribution in [0.2, 0.25) is 0 Å². The van der Waals surface area contributed by atoms with Gasteiger partial charge in [0.2, 0.25) is 0 Å². The predicted octanol–water partition coefficient (Wildman–Crippen LogP) is 3.86. The summed E-state index contributed by atoms with van der Waals surface area (Å²) in [4.78, 5) is 0.